The summed E-state index contributed by atoms with van der Waals surface area (Å²) in [6.07, 6.45) is 1.99. The van der Waals surface area contributed by atoms with Gasteiger partial charge in [-0.15, -0.1) is 20.6 Å². The number of hydrogen-bond donors (Lipinski definition) is 0. The molecule has 2 saturated heterocycles. The fourth-order valence-electron chi connectivity index (χ4n) is 3.63. The van der Waals surface area contributed by atoms with Gasteiger partial charge < -0.3 is 0 Å². The van der Waals surface area contributed by atoms with E-state index in [1.807, 2.05) is 0 Å². The molecule has 0 spiro atoms. The van der Waals surface area contributed by atoms with Crippen molar-refractivity contribution in [2.45, 2.75) is 50.5 Å². The first kappa shape index (κ1) is 28.1. The molecule has 32 heavy (non-hydrogen) atoms. The van der Waals surface area contributed by atoms with Crippen LogP contribution in [0.25, 0.3) is 0 Å². The Hall–Kier alpha value is -0.160. The summed E-state index contributed by atoms with van der Waals surface area (Å²) in [5.74, 6) is 0.451. The molecule has 0 aliphatic carbocycles. The second-order valence-electron chi connectivity index (χ2n) is 7.95. The molecule has 2 aliphatic rings. The standard InChI is InChI=1S/C16H26F6O6S4/c1-13(11-29(7-3-4-8-29)27-31(23,24)15(17,18)19)14(2)12-30(9-5-6-10-30)28-32(25,26)16(20,21)22/h3-12H2,1-2H3/b14-13+. The second kappa shape index (κ2) is 9.47. The van der Waals surface area contributed by atoms with Gasteiger partial charge in [0.2, 0.25) is 0 Å². The Labute approximate surface area is 187 Å². The first-order valence-electron chi connectivity index (χ1n) is 9.56. The molecule has 0 aromatic heterocycles. The zero-order valence-electron chi connectivity index (χ0n) is 17.4. The highest BCUT2D eigenvalue weighted by Crippen LogP contribution is 2.61. The smallest absolute Gasteiger partial charge is 0.213 e. The lowest BCUT2D eigenvalue weighted by molar-refractivity contribution is -0.0500. The minimum atomic E-state index is -5.80. The maximum atomic E-state index is 12.9. The Bertz CT molecular complexity index is 851. The summed E-state index contributed by atoms with van der Waals surface area (Å²) >= 11 is 0. The summed E-state index contributed by atoms with van der Waals surface area (Å²) in [5, 5.41) is 0. The summed E-state index contributed by atoms with van der Waals surface area (Å²) in [4.78, 5) is 0. The quantitative estimate of drug-likeness (QED) is 0.235. The van der Waals surface area contributed by atoms with E-state index in [0.29, 0.717) is 36.8 Å². The Morgan fingerprint density at radius 3 is 1.12 bits per heavy atom. The predicted molar refractivity (Wildman–Crippen MR) is 113 cm³/mol. The van der Waals surface area contributed by atoms with E-state index in [0.717, 1.165) is 0 Å². The van der Waals surface area contributed by atoms with Crippen LogP contribution in [0.3, 0.4) is 0 Å². The highest BCUT2D eigenvalue weighted by molar-refractivity contribution is 8.33. The van der Waals surface area contributed by atoms with E-state index in [1.54, 1.807) is 13.8 Å². The Morgan fingerprint density at radius 2 is 0.906 bits per heavy atom. The zero-order chi connectivity index (χ0) is 24.6. The fraction of sp³-hybridized carbons (Fsp3) is 0.875. The normalized spacial score (nSPS) is 24.8. The third kappa shape index (κ3) is 6.49. The minimum absolute atomic E-state index is 0.0876. The van der Waals surface area contributed by atoms with Crippen LogP contribution in [0.4, 0.5) is 26.3 Å². The molecule has 2 fully saturated rings. The molecular formula is C16H26F6O6S4. The number of hydrogen-bond acceptors (Lipinski definition) is 6. The molecule has 2 rings (SSSR count). The summed E-state index contributed by atoms with van der Waals surface area (Å²) in [5.41, 5.74) is -10.2. The SMILES string of the molecule is C/C(CS1(OS(=O)(=O)C(F)(F)F)CCCC1)=C(/C)CS1(OS(=O)(=O)C(F)(F)F)CCCC1. The van der Waals surface area contributed by atoms with Gasteiger partial charge in [0.25, 0.3) is 0 Å². The van der Waals surface area contributed by atoms with Crippen LogP contribution in [-0.2, 0) is 27.5 Å². The first-order chi connectivity index (χ1) is 14.3. The monoisotopic (exact) mass is 556 g/mol. The van der Waals surface area contributed by atoms with Gasteiger partial charge in [0, 0.05) is 34.5 Å². The van der Waals surface area contributed by atoms with Gasteiger partial charge in [-0.1, -0.05) is 11.1 Å². The van der Waals surface area contributed by atoms with E-state index in [2.05, 4.69) is 0 Å². The van der Waals surface area contributed by atoms with Crippen molar-refractivity contribution in [3.8, 4) is 0 Å². The molecule has 0 saturated carbocycles. The van der Waals surface area contributed by atoms with Gasteiger partial charge in [-0.2, -0.15) is 43.2 Å². The molecule has 2 aliphatic heterocycles. The molecule has 2 heterocycles. The van der Waals surface area contributed by atoms with Crippen LogP contribution in [0.5, 0.6) is 0 Å². The molecule has 0 N–H and O–H groups in total. The molecule has 0 bridgehead atoms. The maximum absolute atomic E-state index is 12.9. The lowest BCUT2D eigenvalue weighted by Gasteiger charge is -2.37. The van der Waals surface area contributed by atoms with Crippen LogP contribution in [0.1, 0.15) is 39.5 Å². The summed E-state index contributed by atoms with van der Waals surface area (Å²) in [6, 6.07) is 0. The van der Waals surface area contributed by atoms with Crippen molar-refractivity contribution < 1.29 is 50.4 Å². The van der Waals surface area contributed by atoms with Gasteiger partial charge in [0.1, 0.15) is 0 Å². The summed E-state index contributed by atoms with van der Waals surface area (Å²) in [7, 11) is -16.9. The fourth-order valence-corrected chi connectivity index (χ4v) is 14.7. The van der Waals surface area contributed by atoms with Crippen LogP contribution < -0.4 is 0 Å². The van der Waals surface area contributed by atoms with Crippen LogP contribution in [0, 0.1) is 0 Å². The van der Waals surface area contributed by atoms with E-state index < -0.39 is 51.9 Å². The van der Waals surface area contributed by atoms with Crippen molar-refractivity contribution in [3.05, 3.63) is 11.1 Å². The van der Waals surface area contributed by atoms with Crippen LogP contribution in [-0.4, -0.2) is 62.4 Å². The van der Waals surface area contributed by atoms with E-state index in [4.69, 9.17) is 7.26 Å². The first-order valence-corrected chi connectivity index (χ1v) is 16.5. The van der Waals surface area contributed by atoms with E-state index in [9.17, 15) is 43.2 Å². The van der Waals surface area contributed by atoms with Crippen molar-refractivity contribution in [1.82, 2.24) is 0 Å². The van der Waals surface area contributed by atoms with E-state index in [-0.39, 0.29) is 34.5 Å². The van der Waals surface area contributed by atoms with Crippen molar-refractivity contribution in [1.29, 1.82) is 0 Å². The van der Waals surface area contributed by atoms with Crippen LogP contribution >= 0.6 is 20.6 Å². The average Bonchev–Trinajstić information content (AvgIpc) is 3.22. The molecule has 192 valence electrons. The minimum Gasteiger partial charge on any atom is -0.213 e. The number of halogens is 6. The third-order valence-corrected chi connectivity index (χ3v) is 16.2. The van der Waals surface area contributed by atoms with Crippen molar-refractivity contribution in [3.63, 3.8) is 0 Å². The molecule has 0 amide bonds. The third-order valence-electron chi connectivity index (χ3n) is 5.29. The van der Waals surface area contributed by atoms with Gasteiger partial charge in [-0.25, -0.2) is 7.26 Å². The van der Waals surface area contributed by atoms with Crippen molar-refractivity contribution in [2.75, 3.05) is 34.5 Å². The second-order valence-corrected chi connectivity index (χ2v) is 17.9. The molecular weight excluding hydrogens is 530 g/mol. The summed E-state index contributed by atoms with van der Waals surface area (Å²) in [6.45, 7) is 3.10. The van der Waals surface area contributed by atoms with Crippen molar-refractivity contribution >= 4 is 40.9 Å². The molecule has 0 unspecified atom stereocenters. The predicted octanol–water partition coefficient (Wildman–Crippen LogP) is 5.08. The van der Waals surface area contributed by atoms with Gasteiger partial charge >= 0.3 is 31.3 Å². The Balaban J connectivity index is 2.28. The van der Waals surface area contributed by atoms with Gasteiger partial charge in [0.15, 0.2) is 0 Å². The zero-order valence-corrected chi connectivity index (χ0v) is 20.7. The van der Waals surface area contributed by atoms with Crippen molar-refractivity contribution in [2.24, 2.45) is 0 Å². The molecule has 0 atom stereocenters. The highest BCUT2D eigenvalue weighted by Gasteiger charge is 2.52. The van der Waals surface area contributed by atoms with Crippen LogP contribution in [0.15, 0.2) is 11.1 Å². The van der Waals surface area contributed by atoms with Gasteiger partial charge in [0.05, 0.1) is 0 Å². The van der Waals surface area contributed by atoms with E-state index >= 15 is 0 Å². The molecule has 6 nitrogen and oxygen atoms in total. The largest absolute Gasteiger partial charge is 0.523 e. The number of rotatable bonds is 8. The summed E-state index contributed by atoms with van der Waals surface area (Å²) < 4.78 is 133. The lowest BCUT2D eigenvalue weighted by atomic mass is 10.2. The molecule has 0 aromatic rings. The maximum Gasteiger partial charge on any atom is 0.523 e. The average molecular weight is 557 g/mol. The molecule has 0 aromatic carbocycles. The van der Waals surface area contributed by atoms with E-state index in [1.165, 1.54) is 0 Å². The lowest BCUT2D eigenvalue weighted by Crippen LogP contribution is -2.29. The Morgan fingerprint density at radius 1 is 0.656 bits per heavy atom. The van der Waals surface area contributed by atoms with Crippen LogP contribution in [0.2, 0.25) is 0 Å². The van der Waals surface area contributed by atoms with Gasteiger partial charge in [-0.3, -0.25) is 0 Å². The molecule has 16 heteroatoms. The topological polar surface area (TPSA) is 86.7 Å². The van der Waals surface area contributed by atoms with Gasteiger partial charge in [-0.05, 0) is 39.5 Å². The molecule has 0 radical (unpaired) electrons. The Kier molecular flexibility index (Phi) is 8.31. The highest BCUT2D eigenvalue weighted by atomic mass is 32.3. The number of alkyl halides is 6.